The van der Waals surface area contributed by atoms with Crippen LogP contribution in [0, 0.1) is 0 Å². The van der Waals surface area contributed by atoms with Gasteiger partial charge in [0.2, 0.25) is 5.36 Å². The van der Waals surface area contributed by atoms with Gasteiger partial charge < -0.3 is 30.2 Å². The molecule has 0 unspecified atom stereocenters. The number of amides is 1. The number of carboxylic acids is 2. The molecule has 11 nitrogen and oxygen atoms in total. The highest BCUT2D eigenvalue weighted by Gasteiger charge is 2.26. The molecule has 5 aromatic rings. The van der Waals surface area contributed by atoms with Crippen LogP contribution in [0.25, 0.3) is 33.4 Å². The van der Waals surface area contributed by atoms with Gasteiger partial charge in [-0.1, -0.05) is 53.5 Å². The smallest absolute Gasteiger partial charge is 0.336 e. The summed E-state index contributed by atoms with van der Waals surface area (Å²) in [5.41, 5.74) is 5.07. The third-order valence-electron chi connectivity index (χ3n) is 10.0. The van der Waals surface area contributed by atoms with Gasteiger partial charge in [-0.05, 0) is 77.7 Å². The molecule has 1 amide bonds. The highest BCUT2D eigenvalue weighted by molar-refractivity contribution is 7.15. The molecule has 0 bridgehead atoms. The summed E-state index contributed by atoms with van der Waals surface area (Å²) in [6, 6.07) is 29.7. The van der Waals surface area contributed by atoms with E-state index in [4.69, 9.17) is 27.6 Å². The number of hydrogen-bond donors (Lipinski definition) is 4. The van der Waals surface area contributed by atoms with Gasteiger partial charge in [-0.15, -0.1) is 11.3 Å². The Morgan fingerprint density at radius 1 is 0.847 bits per heavy atom. The summed E-state index contributed by atoms with van der Waals surface area (Å²) in [4.78, 5) is 46.3. The van der Waals surface area contributed by atoms with Crippen molar-refractivity contribution in [3.8, 4) is 22.5 Å². The Morgan fingerprint density at radius 3 is 2.12 bits per heavy atom. The molecular formula is C45H40Cl2N5O6S+. The van der Waals surface area contributed by atoms with Crippen molar-refractivity contribution in [1.82, 2.24) is 14.9 Å². The van der Waals surface area contributed by atoms with Crippen molar-refractivity contribution in [2.24, 2.45) is 0 Å². The van der Waals surface area contributed by atoms with Crippen molar-refractivity contribution < 1.29 is 29.0 Å². The third kappa shape index (κ3) is 8.95. The Bertz CT molecular complexity index is 2700. The third-order valence-corrected chi connectivity index (χ3v) is 11.6. The number of hydrogen-bond acceptors (Lipinski definition) is 8. The minimum Gasteiger partial charge on any atom is -0.480 e. The highest BCUT2D eigenvalue weighted by Crippen LogP contribution is 2.42. The minimum atomic E-state index is -1.28. The molecule has 14 heteroatoms. The molecule has 1 aliphatic heterocycles. The number of fused-ring (bicyclic) bond motifs is 2. The van der Waals surface area contributed by atoms with Crippen LogP contribution in [0.1, 0.15) is 49.1 Å². The SMILES string of the molecule is CN(C)c1ccc2c(-c3ccc(C(=O)N[C@@H](CCNc4ncc(C(c5ccc(Cl)cc5)c5ccc(Cl)cc5)s4)C(=O)O)cc3C(=O)O)c3ccc(=[N+](C)C)cc-3oc2c1. The predicted molar refractivity (Wildman–Crippen MR) is 235 cm³/mol. The largest absolute Gasteiger partial charge is 0.480 e. The Kier molecular flexibility index (Phi) is 12.0. The number of nitrogens with zero attached hydrogens (tertiary/aromatic N) is 3. The molecule has 1 aromatic heterocycles. The van der Waals surface area contributed by atoms with Gasteiger partial charge >= 0.3 is 11.9 Å². The second-order valence-electron chi connectivity index (χ2n) is 14.4. The molecule has 300 valence electrons. The molecule has 59 heavy (non-hydrogen) atoms. The first-order chi connectivity index (χ1) is 28.3. The van der Waals surface area contributed by atoms with Crippen LogP contribution in [-0.4, -0.2) is 73.8 Å². The zero-order valence-electron chi connectivity index (χ0n) is 32.5. The second-order valence-corrected chi connectivity index (χ2v) is 16.3. The van der Waals surface area contributed by atoms with Crippen molar-refractivity contribution in [2.45, 2.75) is 18.4 Å². The van der Waals surface area contributed by atoms with Crippen molar-refractivity contribution in [3.05, 3.63) is 152 Å². The van der Waals surface area contributed by atoms with Crippen LogP contribution in [-0.2, 0) is 4.79 Å². The zero-order valence-corrected chi connectivity index (χ0v) is 34.8. The van der Waals surface area contributed by atoms with Gasteiger partial charge in [0.25, 0.3) is 5.91 Å². The number of thiazole rings is 1. The van der Waals surface area contributed by atoms with Crippen LogP contribution in [0.15, 0.2) is 114 Å². The molecule has 1 atom stereocenters. The fourth-order valence-corrected chi connectivity index (χ4v) is 8.20. The van der Waals surface area contributed by atoms with Crippen LogP contribution in [0.5, 0.6) is 0 Å². The van der Waals surface area contributed by atoms with Crippen LogP contribution in [0.4, 0.5) is 10.8 Å². The number of carboxylic acid groups (broad SMARTS) is 2. The number of rotatable bonds is 13. The second kappa shape index (κ2) is 17.3. The minimum absolute atomic E-state index is 0.00406. The molecular weight excluding hydrogens is 809 g/mol. The number of carbonyl (C=O) groups excluding carboxylic acids is 1. The van der Waals surface area contributed by atoms with Gasteiger partial charge in [0.15, 0.2) is 5.13 Å². The molecule has 0 saturated heterocycles. The highest BCUT2D eigenvalue weighted by atomic mass is 35.5. The molecule has 4 N–H and O–H groups in total. The maximum Gasteiger partial charge on any atom is 0.336 e. The van der Waals surface area contributed by atoms with Crippen LogP contribution >= 0.6 is 34.5 Å². The number of halogens is 2. The van der Waals surface area contributed by atoms with Gasteiger partial charge in [-0.25, -0.2) is 19.1 Å². The number of aromatic carboxylic acids is 1. The van der Waals surface area contributed by atoms with Crippen molar-refractivity contribution in [1.29, 1.82) is 0 Å². The topological polar surface area (TPSA) is 148 Å². The molecule has 2 aliphatic rings. The molecule has 7 rings (SSSR count). The molecule has 2 heterocycles. The fourth-order valence-electron chi connectivity index (χ4n) is 6.95. The van der Waals surface area contributed by atoms with E-state index in [-0.39, 0.29) is 30.0 Å². The summed E-state index contributed by atoms with van der Waals surface area (Å²) >= 11 is 13.8. The van der Waals surface area contributed by atoms with Gasteiger partial charge in [0.05, 0.1) is 11.6 Å². The summed E-state index contributed by atoms with van der Waals surface area (Å²) in [6.07, 6.45) is 1.80. The Labute approximate surface area is 354 Å². The number of aromatic nitrogens is 1. The zero-order chi connectivity index (χ0) is 42.0. The Balaban J connectivity index is 1.12. The molecule has 0 saturated carbocycles. The van der Waals surface area contributed by atoms with E-state index in [1.807, 2.05) is 123 Å². The first-order valence-corrected chi connectivity index (χ1v) is 20.1. The van der Waals surface area contributed by atoms with E-state index in [0.29, 0.717) is 48.6 Å². The van der Waals surface area contributed by atoms with Crippen molar-refractivity contribution >= 4 is 74.2 Å². The maximum absolute atomic E-state index is 13.6. The van der Waals surface area contributed by atoms with Crippen LogP contribution < -0.4 is 25.5 Å². The van der Waals surface area contributed by atoms with E-state index in [9.17, 15) is 24.6 Å². The molecule has 1 aliphatic carbocycles. The molecule has 4 aromatic carbocycles. The lowest BCUT2D eigenvalue weighted by Crippen LogP contribution is -2.42. The lowest BCUT2D eigenvalue weighted by Gasteiger charge is -2.19. The number of nitrogens with one attached hydrogen (secondary N) is 2. The van der Waals surface area contributed by atoms with E-state index >= 15 is 0 Å². The quantitative estimate of drug-likeness (QED) is 0.0662. The summed E-state index contributed by atoms with van der Waals surface area (Å²) in [7, 11) is 7.68. The summed E-state index contributed by atoms with van der Waals surface area (Å²) in [6.45, 7) is 0.181. The van der Waals surface area contributed by atoms with E-state index in [1.165, 1.54) is 23.5 Å². The predicted octanol–water partition coefficient (Wildman–Crippen LogP) is 8.63. The monoisotopic (exact) mass is 848 g/mol. The van der Waals surface area contributed by atoms with Crippen LogP contribution in [0.3, 0.4) is 0 Å². The maximum atomic E-state index is 13.6. The van der Waals surface area contributed by atoms with Gasteiger partial charge in [0.1, 0.15) is 31.5 Å². The summed E-state index contributed by atoms with van der Waals surface area (Å²) < 4.78 is 8.34. The van der Waals surface area contributed by atoms with Crippen LogP contribution in [0.2, 0.25) is 10.0 Å². The molecule has 0 radical (unpaired) electrons. The molecule has 0 spiro atoms. The number of anilines is 2. The first-order valence-electron chi connectivity index (χ1n) is 18.6. The van der Waals surface area contributed by atoms with E-state index < -0.39 is 23.9 Å². The number of carbonyl (C=O) groups is 3. The Hall–Kier alpha value is -6.21. The van der Waals surface area contributed by atoms with E-state index in [1.54, 1.807) is 12.3 Å². The lowest BCUT2D eigenvalue weighted by molar-refractivity contribution is -0.139. The lowest BCUT2D eigenvalue weighted by atomic mass is 9.89. The van der Waals surface area contributed by atoms with E-state index in [0.717, 1.165) is 27.0 Å². The number of benzene rings is 5. The molecule has 0 fully saturated rings. The van der Waals surface area contributed by atoms with E-state index in [2.05, 4.69) is 15.6 Å². The van der Waals surface area contributed by atoms with Gasteiger partial charge in [-0.3, -0.25) is 4.79 Å². The van der Waals surface area contributed by atoms with Crippen molar-refractivity contribution in [2.75, 3.05) is 45.0 Å². The first kappa shape index (κ1) is 41.0. The summed E-state index contributed by atoms with van der Waals surface area (Å²) in [5.74, 6) is -2.79. The average molecular weight is 850 g/mol. The number of aliphatic carboxylic acids is 1. The fraction of sp³-hybridized carbons (Fsp3) is 0.178. The normalized spacial score (nSPS) is 11.8. The average Bonchev–Trinajstić information content (AvgIpc) is 3.68. The van der Waals surface area contributed by atoms with Crippen molar-refractivity contribution in [3.63, 3.8) is 0 Å². The van der Waals surface area contributed by atoms with Gasteiger partial charge in [0, 0.05) is 87.6 Å². The Morgan fingerprint density at radius 2 is 1.51 bits per heavy atom. The standard InChI is InChI=1S/C45H39Cl2N5O6S/c1-51(2)30-14-17-33-37(22-30)58-38-23-31(52(3)4)15-18-34(38)41(33)32-16-9-27(21-35(32)43(54)55)42(53)50-36(44(56)57)19-20-48-45-49-24-39(59-45)40(25-5-10-28(46)11-6-25)26-7-12-29(47)13-8-26/h5-18,21-24,36,40H,19-20H2,1-4H3,(H3-,48,49,50,53,54,55,56,57)/p+1/t36-/m0/s1. The van der Waals surface area contributed by atoms with Gasteiger partial charge in [-0.2, -0.15) is 0 Å². The summed E-state index contributed by atoms with van der Waals surface area (Å²) in [5, 5.41) is 29.8.